The molecule has 1 saturated carbocycles. The van der Waals surface area contributed by atoms with Crippen molar-refractivity contribution in [2.75, 3.05) is 11.1 Å². The molecular formula is C15H21N3O. The SMILES string of the molecule is CC1(C)CCCC(Nc2nc3c(N)cccc3o2)C1. The highest BCUT2D eigenvalue weighted by Gasteiger charge is 2.28. The fraction of sp³-hybridized carbons (Fsp3) is 0.533. The Labute approximate surface area is 113 Å². The Balaban J connectivity index is 1.80. The largest absolute Gasteiger partial charge is 0.423 e. The standard InChI is InChI=1S/C15H21N3O/c1-15(2)8-4-5-10(9-15)17-14-18-13-11(16)6-3-7-12(13)19-14/h3,6-7,10H,4-5,8-9,16H2,1-2H3,(H,17,18). The lowest BCUT2D eigenvalue weighted by molar-refractivity contribution is 0.228. The molecule has 1 aromatic carbocycles. The Morgan fingerprint density at radius 3 is 3.00 bits per heavy atom. The fourth-order valence-electron chi connectivity index (χ4n) is 3.03. The third-order valence-electron chi connectivity index (χ3n) is 3.98. The van der Waals surface area contributed by atoms with Gasteiger partial charge in [0, 0.05) is 6.04 Å². The molecule has 3 rings (SSSR count). The van der Waals surface area contributed by atoms with Gasteiger partial charge in [0.15, 0.2) is 5.58 Å². The summed E-state index contributed by atoms with van der Waals surface area (Å²) in [7, 11) is 0. The predicted octanol–water partition coefficient (Wildman–Crippen LogP) is 3.79. The average molecular weight is 259 g/mol. The lowest BCUT2D eigenvalue weighted by atomic mass is 9.75. The molecule has 1 aliphatic carbocycles. The minimum absolute atomic E-state index is 0.404. The van der Waals surface area contributed by atoms with E-state index in [1.807, 2.05) is 18.2 Å². The molecule has 3 N–H and O–H groups in total. The molecule has 0 aliphatic heterocycles. The van der Waals surface area contributed by atoms with E-state index in [0.29, 0.717) is 23.2 Å². The zero-order valence-corrected chi connectivity index (χ0v) is 11.6. The lowest BCUT2D eigenvalue weighted by Crippen LogP contribution is -2.31. The van der Waals surface area contributed by atoms with Crippen molar-refractivity contribution in [2.24, 2.45) is 5.41 Å². The van der Waals surface area contributed by atoms with Crippen LogP contribution in [-0.2, 0) is 0 Å². The van der Waals surface area contributed by atoms with E-state index >= 15 is 0 Å². The minimum atomic E-state index is 0.404. The average Bonchev–Trinajstić information content (AvgIpc) is 2.71. The van der Waals surface area contributed by atoms with Crippen molar-refractivity contribution in [3.05, 3.63) is 18.2 Å². The Morgan fingerprint density at radius 1 is 1.42 bits per heavy atom. The van der Waals surface area contributed by atoms with Gasteiger partial charge in [-0.25, -0.2) is 0 Å². The monoisotopic (exact) mass is 259 g/mol. The first kappa shape index (κ1) is 12.3. The van der Waals surface area contributed by atoms with E-state index in [-0.39, 0.29) is 0 Å². The van der Waals surface area contributed by atoms with Gasteiger partial charge < -0.3 is 15.5 Å². The van der Waals surface area contributed by atoms with Gasteiger partial charge >= 0.3 is 0 Å². The van der Waals surface area contributed by atoms with Crippen LogP contribution in [0.2, 0.25) is 0 Å². The second kappa shape index (κ2) is 4.44. The van der Waals surface area contributed by atoms with E-state index < -0.39 is 0 Å². The molecule has 102 valence electrons. The molecule has 1 heterocycles. The number of hydrogen-bond donors (Lipinski definition) is 2. The normalized spacial score (nSPS) is 22.5. The van der Waals surface area contributed by atoms with Crippen LogP contribution in [0, 0.1) is 5.41 Å². The van der Waals surface area contributed by atoms with Gasteiger partial charge in [0.1, 0.15) is 5.52 Å². The maximum absolute atomic E-state index is 5.90. The summed E-state index contributed by atoms with van der Waals surface area (Å²) in [5.41, 5.74) is 8.46. The van der Waals surface area contributed by atoms with Crippen molar-refractivity contribution in [3.8, 4) is 0 Å². The fourth-order valence-corrected chi connectivity index (χ4v) is 3.03. The maximum atomic E-state index is 5.90. The first-order valence-corrected chi connectivity index (χ1v) is 6.95. The molecule has 4 heteroatoms. The van der Waals surface area contributed by atoms with Gasteiger partial charge in [-0.15, -0.1) is 0 Å². The Morgan fingerprint density at radius 2 is 2.26 bits per heavy atom. The number of oxazole rings is 1. The lowest BCUT2D eigenvalue weighted by Gasteiger charge is -2.35. The highest BCUT2D eigenvalue weighted by Crippen LogP contribution is 2.36. The molecule has 19 heavy (non-hydrogen) atoms. The summed E-state index contributed by atoms with van der Waals surface area (Å²) in [5, 5.41) is 3.42. The van der Waals surface area contributed by atoms with Crippen molar-refractivity contribution < 1.29 is 4.42 Å². The zero-order chi connectivity index (χ0) is 13.5. The number of benzene rings is 1. The summed E-state index contributed by atoms with van der Waals surface area (Å²) in [5.74, 6) is 0. The van der Waals surface area contributed by atoms with Crippen LogP contribution in [0.4, 0.5) is 11.7 Å². The van der Waals surface area contributed by atoms with Crippen molar-refractivity contribution in [2.45, 2.75) is 45.6 Å². The van der Waals surface area contributed by atoms with Crippen LogP contribution < -0.4 is 11.1 Å². The number of aromatic nitrogens is 1. The summed E-state index contributed by atoms with van der Waals surface area (Å²) in [6.07, 6.45) is 4.89. The van der Waals surface area contributed by atoms with E-state index in [1.165, 1.54) is 19.3 Å². The number of anilines is 2. The van der Waals surface area contributed by atoms with E-state index in [1.54, 1.807) is 0 Å². The van der Waals surface area contributed by atoms with E-state index in [0.717, 1.165) is 17.5 Å². The van der Waals surface area contributed by atoms with Crippen LogP contribution in [0.5, 0.6) is 0 Å². The van der Waals surface area contributed by atoms with Gasteiger partial charge in [-0.05, 0) is 36.8 Å². The summed E-state index contributed by atoms with van der Waals surface area (Å²) in [6, 6.07) is 6.66. The van der Waals surface area contributed by atoms with E-state index in [9.17, 15) is 0 Å². The number of nitrogen functional groups attached to an aromatic ring is 1. The molecule has 1 fully saturated rings. The van der Waals surface area contributed by atoms with Gasteiger partial charge in [-0.2, -0.15) is 4.98 Å². The first-order chi connectivity index (χ1) is 9.03. The van der Waals surface area contributed by atoms with E-state index in [4.69, 9.17) is 10.2 Å². The number of nitrogens with one attached hydrogen (secondary N) is 1. The molecule has 0 saturated heterocycles. The van der Waals surface area contributed by atoms with Gasteiger partial charge in [0.05, 0.1) is 5.69 Å². The zero-order valence-electron chi connectivity index (χ0n) is 11.6. The summed E-state index contributed by atoms with van der Waals surface area (Å²) in [6.45, 7) is 4.65. The van der Waals surface area contributed by atoms with Crippen LogP contribution >= 0.6 is 0 Å². The molecule has 4 nitrogen and oxygen atoms in total. The number of para-hydroxylation sites is 1. The number of nitrogens with zero attached hydrogens (tertiary/aromatic N) is 1. The molecule has 1 unspecified atom stereocenters. The molecule has 1 aromatic heterocycles. The highest BCUT2D eigenvalue weighted by molar-refractivity contribution is 5.86. The molecule has 1 aliphatic rings. The van der Waals surface area contributed by atoms with Gasteiger partial charge in [-0.3, -0.25) is 0 Å². The van der Waals surface area contributed by atoms with Crippen molar-refractivity contribution in [1.82, 2.24) is 4.98 Å². The molecule has 2 aromatic rings. The number of nitrogens with two attached hydrogens (primary N) is 1. The topological polar surface area (TPSA) is 64.1 Å². The van der Waals surface area contributed by atoms with Crippen LogP contribution in [0.3, 0.4) is 0 Å². The summed E-state index contributed by atoms with van der Waals surface area (Å²) < 4.78 is 5.72. The van der Waals surface area contributed by atoms with Gasteiger partial charge in [0.25, 0.3) is 6.01 Å². The highest BCUT2D eigenvalue weighted by atomic mass is 16.4. The summed E-state index contributed by atoms with van der Waals surface area (Å²) in [4.78, 5) is 4.45. The maximum Gasteiger partial charge on any atom is 0.295 e. The van der Waals surface area contributed by atoms with Crippen molar-refractivity contribution in [3.63, 3.8) is 0 Å². The van der Waals surface area contributed by atoms with Crippen LogP contribution in [0.15, 0.2) is 22.6 Å². The summed E-state index contributed by atoms with van der Waals surface area (Å²) >= 11 is 0. The second-order valence-electron chi connectivity index (χ2n) is 6.31. The van der Waals surface area contributed by atoms with Crippen LogP contribution in [0.1, 0.15) is 39.5 Å². The Hall–Kier alpha value is -1.71. The molecular weight excluding hydrogens is 238 g/mol. The smallest absolute Gasteiger partial charge is 0.295 e. The third-order valence-corrected chi connectivity index (χ3v) is 3.98. The Kier molecular flexibility index (Phi) is 2.88. The molecule has 0 bridgehead atoms. The third kappa shape index (κ3) is 2.53. The van der Waals surface area contributed by atoms with Crippen LogP contribution in [-0.4, -0.2) is 11.0 Å². The quantitative estimate of drug-likeness (QED) is 0.805. The number of rotatable bonds is 2. The molecule has 0 spiro atoms. The predicted molar refractivity (Wildman–Crippen MR) is 78.1 cm³/mol. The Bertz CT molecular complexity index is 588. The second-order valence-corrected chi connectivity index (χ2v) is 6.31. The van der Waals surface area contributed by atoms with Crippen LogP contribution in [0.25, 0.3) is 11.1 Å². The first-order valence-electron chi connectivity index (χ1n) is 6.95. The molecule has 0 amide bonds. The minimum Gasteiger partial charge on any atom is -0.423 e. The number of hydrogen-bond acceptors (Lipinski definition) is 4. The number of fused-ring (bicyclic) bond motifs is 1. The van der Waals surface area contributed by atoms with E-state index in [2.05, 4.69) is 24.1 Å². The van der Waals surface area contributed by atoms with Crippen molar-refractivity contribution in [1.29, 1.82) is 0 Å². The van der Waals surface area contributed by atoms with Gasteiger partial charge in [0.2, 0.25) is 0 Å². The van der Waals surface area contributed by atoms with Crippen molar-refractivity contribution >= 4 is 22.8 Å². The van der Waals surface area contributed by atoms with Gasteiger partial charge in [-0.1, -0.05) is 26.3 Å². The molecule has 1 atom stereocenters. The molecule has 0 radical (unpaired) electrons.